The van der Waals surface area contributed by atoms with Crippen molar-refractivity contribution in [1.29, 1.82) is 0 Å². The molecule has 20 heavy (non-hydrogen) atoms. The highest BCUT2D eigenvalue weighted by atomic mass is 32.1. The summed E-state index contributed by atoms with van der Waals surface area (Å²) in [7, 11) is 0. The molecule has 1 aliphatic carbocycles. The van der Waals surface area contributed by atoms with Crippen LogP contribution in [-0.4, -0.2) is 28.1 Å². The lowest BCUT2D eigenvalue weighted by Crippen LogP contribution is -2.23. The Labute approximate surface area is 126 Å². The molecule has 3 nitrogen and oxygen atoms in total. The van der Waals surface area contributed by atoms with Crippen molar-refractivity contribution in [2.24, 2.45) is 0 Å². The zero-order chi connectivity index (χ0) is 14.2. The Kier molecular flexibility index (Phi) is 4.16. The molecule has 112 valence electrons. The number of rotatable bonds is 4. The van der Waals surface area contributed by atoms with Gasteiger partial charge < -0.3 is 5.11 Å². The first kappa shape index (κ1) is 14.5. The van der Waals surface area contributed by atoms with Crippen LogP contribution in [0.15, 0.2) is 0 Å². The fraction of sp³-hybridized carbons (Fsp3) is 0.812. The van der Waals surface area contributed by atoms with E-state index >= 15 is 0 Å². The third kappa shape index (κ3) is 3.41. The van der Waals surface area contributed by atoms with Crippen molar-refractivity contribution in [1.82, 2.24) is 9.88 Å². The Balaban J connectivity index is 1.76. The molecule has 1 saturated carbocycles. The lowest BCUT2D eigenvalue weighted by atomic mass is 10.0. The van der Waals surface area contributed by atoms with Crippen LogP contribution in [-0.2, 0) is 12.1 Å². The molecule has 0 atom stereocenters. The maximum atomic E-state index is 10.4. The van der Waals surface area contributed by atoms with Crippen molar-refractivity contribution >= 4 is 11.3 Å². The SMILES string of the molecule is CC(C)(O)c1sc(CN2CCCCCC2)nc1C1CC1. The van der Waals surface area contributed by atoms with E-state index in [0.29, 0.717) is 5.92 Å². The third-order valence-corrected chi connectivity index (χ3v) is 5.64. The van der Waals surface area contributed by atoms with E-state index < -0.39 is 5.60 Å². The molecule has 2 heterocycles. The van der Waals surface area contributed by atoms with Crippen LogP contribution < -0.4 is 0 Å². The van der Waals surface area contributed by atoms with E-state index in [1.807, 2.05) is 13.8 Å². The van der Waals surface area contributed by atoms with Gasteiger partial charge in [-0.1, -0.05) is 12.8 Å². The van der Waals surface area contributed by atoms with E-state index in [4.69, 9.17) is 4.98 Å². The lowest BCUT2D eigenvalue weighted by Gasteiger charge is -2.18. The van der Waals surface area contributed by atoms with Gasteiger partial charge in [0.15, 0.2) is 0 Å². The van der Waals surface area contributed by atoms with E-state index in [1.165, 1.54) is 62.3 Å². The zero-order valence-corrected chi connectivity index (χ0v) is 13.5. The Bertz CT molecular complexity index is 452. The van der Waals surface area contributed by atoms with Crippen molar-refractivity contribution in [2.45, 2.75) is 70.4 Å². The average molecular weight is 294 g/mol. The van der Waals surface area contributed by atoms with Crippen LogP contribution in [0.1, 0.15) is 73.9 Å². The quantitative estimate of drug-likeness (QED) is 0.921. The second-order valence-electron chi connectivity index (χ2n) is 6.85. The van der Waals surface area contributed by atoms with Crippen LogP contribution in [0.25, 0.3) is 0 Å². The van der Waals surface area contributed by atoms with E-state index in [1.54, 1.807) is 11.3 Å². The van der Waals surface area contributed by atoms with Gasteiger partial charge in [0, 0.05) is 5.92 Å². The first-order valence-electron chi connectivity index (χ1n) is 7.99. The minimum Gasteiger partial charge on any atom is -0.385 e. The van der Waals surface area contributed by atoms with Crippen LogP contribution in [0.2, 0.25) is 0 Å². The fourth-order valence-electron chi connectivity index (χ4n) is 3.00. The molecule has 0 aromatic carbocycles. The summed E-state index contributed by atoms with van der Waals surface area (Å²) in [4.78, 5) is 8.52. The van der Waals surface area contributed by atoms with Gasteiger partial charge in [-0.05, 0) is 52.6 Å². The molecule has 1 aromatic heterocycles. The van der Waals surface area contributed by atoms with Crippen molar-refractivity contribution in [3.63, 3.8) is 0 Å². The molecule has 1 aromatic rings. The molecular formula is C16H26N2OS. The normalized spacial score (nSPS) is 21.9. The summed E-state index contributed by atoms with van der Waals surface area (Å²) >= 11 is 1.73. The molecule has 0 spiro atoms. The number of aromatic nitrogens is 1. The molecule has 1 saturated heterocycles. The summed E-state index contributed by atoms with van der Waals surface area (Å²) in [5.74, 6) is 0.616. The standard InChI is InChI=1S/C16H26N2OS/c1-16(2,19)15-14(12-7-8-12)17-13(20-15)11-18-9-5-3-4-6-10-18/h12,19H,3-11H2,1-2H3. The summed E-state index contributed by atoms with van der Waals surface area (Å²) in [5, 5.41) is 11.6. The largest absolute Gasteiger partial charge is 0.385 e. The third-order valence-electron chi connectivity index (χ3n) is 4.27. The molecule has 0 unspecified atom stereocenters. The van der Waals surface area contributed by atoms with Gasteiger partial charge >= 0.3 is 0 Å². The number of hydrogen-bond acceptors (Lipinski definition) is 4. The van der Waals surface area contributed by atoms with Crippen LogP contribution in [0.5, 0.6) is 0 Å². The summed E-state index contributed by atoms with van der Waals surface area (Å²) < 4.78 is 0. The Morgan fingerprint density at radius 2 is 1.85 bits per heavy atom. The van der Waals surface area contributed by atoms with Crippen LogP contribution in [0.4, 0.5) is 0 Å². The van der Waals surface area contributed by atoms with Gasteiger partial charge in [0.1, 0.15) is 5.01 Å². The van der Waals surface area contributed by atoms with Crippen LogP contribution >= 0.6 is 11.3 Å². The highest BCUT2D eigenvalue weighted by Gasteiger charge is 2.34. The number of aliphatic hydroxyl groups is 1. The van der Waals surface area contributed by atoms with E-state index in [0.717, 1.165) is 11.4 Å². The summed E-state index contributed by atoms with van der Waals surface area (Å²) in [6.45, 7) is 7.16. The van der Waals surface area contributed by atoms with Crippen molar-refractivity contribution < 1.29 is 5.11 Å². The molecule has 0 bridgehead atoms. The van der Waals surface area contributed by atoms with Gasteiger partial charge in [0.25, 0.3) is 0 Å². The first-order chi connectivity index (χ1) is 9.54. The van der Waals surface area contributed by atoms with Gasteiger partial charge in [-0.3, -0.25) is 4.90 Å². The highest BCUT2D eigenvalue weighted by Crippen LogP contribution is 2.45. The molecule has 2 fully saturated rings. The summed E-state index contributed by atoms with van der Waals surface area (Å²) in [6, 6.07) is 0. The monoisotopic (exact) mass is 294 g/mol. The Morgan fingerprint density at radius 3 is 2.40 bits per heavy atom. The summed E-state index contributed by atoms with van der Waals surface area (Å²) in [6.07, 6.45) is 7.87. The van der Waals surface area contributed by atoms with Gasteiger partial charge in [0.05, 0.1) is 22.7 Å². The minimum atomic E-state index is -0.743. The molecular weight excluding hydrogens is 268 g/mol. The van der Waals surface area contributed by atoms with Crippen LogP contribution in [0, 0.1) is 0 Å². The van der Waals surface area contributed by atoms with E-state index in [2.05, 4.69) is 4.90 Å². The topological polar surface area (TPSA) is 36.4 Å². The van der Waals surface area contributed by atoms with Crippen molar-refractivity contribution in [3.8, 4) is 0 Å². The number of likely N-dealkylation sites (tertiary alicyclic amines) is 1. The predicted molar refractivity (Wildman–Crippen MR) is 83.1 cm³/mol. The first-order valence-corrected chi connectivity index (χ1v) is 8.80. The van der Waals surface area contributed by atoms with Gasteiger partial charge in [0.2, 0.25) is 0 Å². The molecule has 4 heteroatoms. The number of thiazole rings is 1. The minimum absolute atomic E-state index is 0.616. The van der Waals surface area contributed by atoms with E-state index in [-0.39, 0.29) is 0 Å². The predicted octanol–water partition coefficient (Wildman–Crippen LogP) is 3.62. The second-order valence-corrected chi connectivity index (χ2v) is 7.93. The van der Waals surface area contributed by atoms with Crippen molar-refractivity contribution in [3.05, 3.63) is 15.6 Å². The molecule has 1 aliphatic heterocycles. The Morgan fingerprint density at radius 1 is 1.20 bits per heavy atom. The maximum absolute atomic E-state index is 10.4. The summed E-state index contributed by atoms with van der Waals surface area (Å²) in [5.41, 5.74) is 0.444. The smallest absolute Gasteiger partial charge is 0.107 e. The van der Waals surface area contributed by atoms with Crippen LogP contribution in [0.3, 0.4) is 0 Å². The fourth-order valence-corrected chi connectivity index (χ4v) is 4.20. The van der Waals surface area contributed by atoms with Crippen molar-refractivity contribution in [2.75, 3.05) is 13.1 Å². The van der Waals surface area contributed by atoms with E-state index in [9.17, 15) is 5.11 Å². The molecule has 1 N–H and O–H groups in total. The molecule has 0 radical (unpaired) electrons. The second kappa shape index (κ2) is 5.74. The lowest BCUT2D eigenvalue weighted by molar-refractivity contribution is 0.0813. The zero-order valence-electron chi connectivity index (χ0n) is 12.7. The number of hydrogen-bond donors (Lipinski definition) is 1. The number of nitrogens with zero attached hydrogens (tertiary/aromatic N) is 2. The molecule has 3 rings (SSSR count). The highest BCUT2D eigenvalue weighted by molar-refractivity contribution is 7.11. The van der Waals surface area contributed by atoms with Gasteiger partial charge in [-0.15, -0.1) is 11.3 Å². The molecule has 2 aliphatic rings. The van der Waals surface area contributed by atoms with Gasteiger partial charge in [-0.2, -0.15) is 0 Å². The average Bonchev–Trinajstić information content (AvgIpc) is 3.15. The maximum Gasteiger partial charge on any atom is 0.107 e. The molecule has 0 amide bonds. The van der Waals surface area contributed by atoms with Gasteiger partial charge in [-0.25, -0.2) is 4.98 Å². The Hall–Kier alpha value is -0.450.